The fourth-order valence-corrected chi connectivity index (χ4v) is 2.54. The zero-order valence-electron chi connectivity index (χ0n) is 9.21. The Bertz CT molecular complexity index is 176. The Morgan fingerprint density at radius 3 is 2.00 bits per heavy atom. The number of hydrogen-bond acceptors (Lipinski definition) is 3. The summed E-state index contributed by atoms with van der Waals surface area (Å²) in [4.78, 5) is 0. The molecule has 2 saturated heterocycles. The van der Waals surface area contributed by atoms with Crippen molar-refractivity contribution >= 4 is 0 Å². The zero-order chi connectivity index (χ0) is 10.0. The van der Waals surface area contributed by atoms with E-state index in [1.807, 2.05) is 0 Å². The lowest BCUT2D eigenvalue weighted by Gasteiger charge is -2.41. The first-order chi connectivity index (χ1) is 6.78. The molecule has 2 atom stereocenters. The van der Waals surface area contributed by atoms with Crippen LogP contribution >= 0.6 is 0 Å². The van der Waals surface area contributed by atoms with E-state index in [0.29, 0.717) is 12.1 Å². The number of rotatable bonds is 2. The fraction of sp³-hybridized carbons (Fsp3) is 1.00. The van der Waals surface area contributed by atoms with Gasteiger partial charge in [-0.15, -0.1) is 0 Å². The Balaban J connectivity index is 2.03. The third-order valence-electron chi connectivity index (χ3n) is 3.39. The number of piperidine rings is 1. The number of nitrogens with one attached hydrogen (secondary N) is 1. The van der Waals surface area contributed by atoms with Gasteiger partial charge in [-0.2, -0.15) is 0 Å². The zero-order valence-corrected chi connectivity index (χ0v) is 9.21. The highest BCUT2D eigenvalue weighted by Gasteiger charge is 2.43. The lowest BCUT2D eigenvalue weighted by atomic mass is 9.90. The topological polar surface area (TPSA) is 30.5 Å². The van der Waals surface area contributed by atoms with Crippen molar-refractivity contribution in [2.45, 2.75) is 57.4 Å². The van der Waals surface area contributed by atoms with Crippen LogP contribution in [0, 0.1) is 0 Å². The smallest absolute Gasteiger partial charge is 0.171 e. The monoisotopic (exact) mass is 199 g/mol. The molecule has 0 saturated carbocycles. The highest BCUT2D eigenvalue weighted by atomic mass is 16.7. The van der Waals surface area contributed by atoms with Crippen molar-refractivity contribution in [1.29, 1.82) is 0 Å². The lowest BCUT2D eigenvalue weighted by molar-refractivity contribution is -0.188. The van der Waals surface area contributed by atoms with Crippen LogP contribution in [0.2, 0.25) is 0 Å². The molecule has 0 aromatic heterocycles. The molecule has 0 radical (unpaired) electrons. The van der Waals surface area contributed by atoms with E-state index in [4.69, 9.17) is 9.47 Å². The maximum atomic E-state index is 5.78. The van der Waals surface area contributed by atoms with E-state index in [-0.39, 0.29) is 5.79 Å². The van der Waals surface area contributed by atoms with E-state index in [9.17, 15) is 0 Å². The van der Waals surface area contributed by atoms with Crippen LogP contribution in [-0.2, 0) is 9.47 Å². The van der Waals surface area contributed by atoms with Gasteiger partial charge in [0.25, 0.3) is 0 Å². The molecule has 2 aliphatic heterocycles. The van der Waals surface area contributed by atoms with Gasteiger partial charge in [0.15, 0.2) is 5.79 Å². The van der Waals surface area contributed by atoms with Crippen LogP contribution in [-0.4, -0.2) is 31.1 Å². The van der Waals surface area contributed by atoms with Gasteiger partial charge in [-0.1, -0.05) is 13.8 Å². The van der Waals surface area contributed by atoms with Gasteiger partial charge in [0.05, 0.1) is 13.2 Å². The van der Waals surface area contributed by atoms with E-state index < -0.39 is 0 Å². The summed E-state index contributed by atoms with van der Waals surface area (Å²) >= 11 is 0. The van der Waals surface area contributed by atoms with E-state index in [1.165, 1.54) is 0 Å². The predicted octanol–water partition coefficient (Wildman–Crippen LogP) is 1.67. The molecule has 0 unspecified atom stereocenters. The summed E-state index contributed by atoms with van der Waals surface area (Å²) in [6, 6.07) is 1.12. The van der Waals surface area contributed by atoms with Gasteiger partial charge in [0, 0.05) is 24.9 Å². The average molecular weight is 199 g/mol. The summed E-state index contributed by atoms with van der Waals surface area (Å²) in [5.41, 5.74) is 0. The van der Waals surface area contributed by atoms with Crippen LogP contribution < -0.4 is 5.32 Å². The predicted molar refractivity (Wildman–Crippen MR) is 55.2 cm³/mol. The Morgan fingerprint density at radius 1 is 1.07 bits per heavy atom. The Kier molecular flexibility index (Phi) is 3.10. The molecule has 2 rings (SSSR count). The van der Waals surface area contributed by atoms with Crippen LogP contribution in [0.5, 0.6) is 0 Å². The average Bonchev–Trinajstić information content (AvgIpc) is 2.65. The van der Waals surface area contributed by atoms with Gasteiger partial charge in [-0.25, -0.2) is 0 Å². The van der Waals surface area contributed by atoms with Crippen LogP contribution in [0.1, 0.15) is 39.5 Å². The minimum Gasteiger partial charge on any atom is -0.347 e. The highest BCUT2D eigenvalue weighted by molar-refractivity contribution is 4.91. The van der Waals surface area contributed by atoms with Crippen LogP contribution in [0.4, 0.5) is 0 Å². The molecule has 3 heteroatoms. The van der Waals surface area contributed by atoms with Crippen molar-refractivity contribution in [2.24, 2.45) is 0 Å². The van der Waals surface area contributed by atoms with E-state index in [1.54, 1.807) is 0 Å². The van der Waals surface area contributed by atoms with E-state index in [0.717, 1.165) is 38.9 Å². The van der Waals surface area contributed by atoms with Crippen molar-refractivity contribution in [3.63, 3.8) is 0 Å². The summed E-state index contributed by atoms with van der Waals surface area (Å²) in [5, 5.41) is 3.64. The van der Waals surface area contributed by atoms with Crippen molar-refractivity contribution in [3.8, 4) is 0 Å². The molecule has 0 amide bonds. The summed E-state index contributed by atoms with van der Waals surface area (Å²) < 4.78 is 11.6. The lowest BCUT2D eigenvalue weighted by Crippen LogP contribution is -2.53. The molecule has 82 valence electrons. The van der Waals surface area contributed by atoms with Crippen LogP contribution in [0.15, 0.2) is 0 Å². The van der Waals surface area contributed by atoms with Crippen molar-refractivity contribution < 1.29 is 9.47 Å². The maximum absolute atomic E-state index is 5.78. The second-order valence-electron chi connectivity index (χ2n) is 4.39. The number of hydrogen-bond donors (Lipinski definition) is 1. The number of ether oxygens (including phenoxy) is 2. The van der Waals surface area contributed by atoms with Gasteiger partial charge in [0.1, 0.15) is 0 Å². The molecule has 2 fully saturated rings. The van der Waals surface area contributed by atoms with Crippen LogP contribution in [0.25, 0.3) is 0 Å². The van der Waals surface area contributed by atoms with Crippen molar-refractivity contribution in [2.75, 3.05) is 13.2 Å². The van der Waals surface area contributed by atoms with Crippen molar-refractivity contribution in [3.05, 3.63) is 0 Å². The molecular weight excluding hydrogens is 178 g/mol. The molecule has 1 spiro atoms. The Hall–Kier alpha value is -0.120. The molecule has 2 aliphatic rings. The Morgan fingerprint density at radius 2 is 1.57 bits per heavy atom. The molecule has 0 bridgehead atoms. The van der Waals surface area contributed by atoms with Crippen LogP contribution in [0.3, 0.4) is 0 Å². The third kappa shape index (κ3) is 1.95. The standard InChI is InChI=1S/C11H21NO2/c1-3-9-7-11(13-5-6-14-11)8-10(4-2)12-9/h9-10,12H,3-8H2,1-2H3/t9-,10+. The first-order valence-electron chi connectivity index (χ1n) is 5.82. The van der Waals surface area contributed by atoms with Gasteiger partial charge in [-0.3, -0.25) is 0 Å². The SMILES string of the molecule is CC[C@@H]1CC2(C[C@H](CC)N1)OCCO2. The largest absolute Gasteiger partial charge is 0.347 e. The molecule has 0 aromatic rings. The molecule has 1 N–H and O–H groups in total. The quantitative estimate of drug-likeness (QED) is 0.734. The Labute approximate surface area is 86.2 Å². The molecule has 0 aromatic carbocycles. The third-order valence-corrected chi connectivity index (χ3v) is 3.39. The maximum Gasteiger partial charge on any atom is 0.171 e. The first kappa shape index (κ1) is 10.4. The van der Waals surface area contributed by atoms with Crippen molar-refractivity contribution in [1.82, 2.24) is 5.32 Å². The summed E-state index contributed by atoms with van der Waals surface area (Å²) in [6.07, 6.45) is 4.34. The van der Waals surface area contributed by atoms with Gasteiger partial charge < -0.3 is 14.8 Å². The molecule has 0 aliphatic carbocycles. The second-order valence-corrected chi connectivity index (χ2v) is 4.39. The molecule has 3 nitrogen and oxygen atoms in total. The van der Waals surface area contributed by atoms with Gasteiger partial charge in [0.2, 0.25) is 0 Å². The second kappa shape index (κ2) is 4.17. The molecule has 14 heavy (non-hydrogen) atoms. The highest BCUT2D eigenvalue weighted by Crippen LogP contribution is 2.34. The summed E-state index contributed by atoms with van der Waals surface area (Å²) in [7, 11) is 0. The minimum atomic E-state index is -0.243. The summed E-state index contributed by atoms with van der Waals surface area (Å²) in [6.45, 7) is 5.98. The minimum absolute atomic E-state index is 0.243. The normalized spacial score (nSPS) is 36.4. The van der Waals surface area contributed by atoms with E-state index in [2.05, 4.69) is 19.2 Å². The summed E-state index contributed by atoms with van der Waals surface area (Å²) in [5.74, 6) is -0.243. The molecular formula is C11H21NO2. The fourth-order valence-electron chi connectivity index (χ4n) is 2.54. The molecule has 2 heterocycles. The van der Waals surface area contributed by atoms with Gasteiger partial charge >= 0.3 is 0 Å². The van der Waals surface area contributed by atoms with Gasteiger partial charge in [-0.05, 0) is 12.8 Å². The first-order valence-corrected chi connectivity index (χ1v) is 5.82. The van der Waals surface area contributed by atoms with E-state index >= 15 is 0 Å².